The van der Waals surface area contributed by atoms with Gasteiger partial charge >= 0.3 is 0 Å². The molecular formula is C21H26N4O2. The smallest absolute Gasteiger partial charge is 0.254 e. The number of piperazine rings is 1. The second-order valence-corrected chi connectivity index (χ2v) is 7.75. The van der Waals surface area contributed by atoms with E-state index in [9.17, 15) is 9.59 Å². The van der Waals surface area contributed by atoms with E-state index >= 15 is 0 Å². The van der Waals surface area contributed by atoms with Crippen LogP contribution >= 0.6 is 0 Å². The number of nitrogens with zero attached hydrogens (tertiary/aromatic N) is 3. The van der Waals surface area contributed by atoms with Gasteiger partial charge in [0.2, 0.25) is 5.91 Å². The van der Waals surface area contributed by atoms with E-state index in [1.165, 1.54) is 0 Å². The Hall–Kier alpha value is -2.89. The van der Waals surface area contributed by atoms with Crippen LogP contribution in [-0.2, 0) is 4.79 Å². The standard InChI is InChI=1S/C21H26N4O2/c1-21(2,3)20(27)23-17-8-6-7-16(15-17)19(26)25-13-11-24(12-14-25)18-9-4-5-10-22-18/h4-10,15H,11-14H2,1-3H3,(H,23,27). The maximum Gasteiger partial charge on any atom is 0.254 e. The van der Waals surface area contributed by atoms with Gasteiger partial charge in [-0.15, -0.1) is 0 Å². The third-order valence-electron chi connectivity index (χ3n) is 4.59. The number of pyridine rings is 1. The molecule has 0 aliphatic carbocycles. The minimum atomic E-state index is -0.484. The highest BCUT2D eigenvalue weighted by molar-refractivity contribution is 5.98. The molecule has 6 nitrogen and oxygen atoms in total. The summed E-state index contributed by atoms with van der Waals surface area (Å²) in [6.45, 7) is 8.38. The number of aromatic nitrogens is 1. The number of carbonyl (C=O) groups is 2. The summed E-state index contributed by atoms with van der Waals surface area (Å²) < 4.78 is 0. The fraction of sp³-hybridized carbons (Fsp3) is 0.381. The number of hydrogen-bond acceptors (Lipinski definition) is 4. The number of benzene rings is 1. The van der Waals surface area contributed by atoms with Gasteiger partial charge in [-0.1, -0.05) is 32.9 Å². The molecule has 1 fully saturated rings. The Balaban J connectivity index is 1.63. The Bertz CT molecular complexity index is 806. The summed E-state index contributed by atoms with van der Waals surface area (Å²) in [4.78, 5) is 33.4. The van der Waals surface area contributed by atoms with Crippen molar-refractivity contribution < 1.29 is 9.59 Å². The van der Waals surface area contributed by atoms with E-state index in [-0.39, 0.29) is 11.8 Å². The zero-order valence-corrected chi connectivity index (χ0v) is 16.1. The summed E-state index contributed by atoms with van der Waals surface area (Å²) in [5.41, 5.74) is 0.753. The van der Waals surface area contributed by atoms with Crippen LogP contribution in [0.3, 0.4) is 0 Å². The van der Waals surface area contributed by atoms with E-state index in [2.05, 4.69) is 15.2 Å². The highest BCUT2D eigenvalue weighted by atomic mass is 16.2. The molecule has 1 aliphatic heterocycles. The van der Waals surface area contributed by atoms with Crippen molar-refractivity contribution in [3.8, 4) is 0 Å². The van der Waals surface area contributed by atoms with E-state index in [1.54, 1.807) is 30.5 Å². The molecule has 0 atom stereocenters. The summed E-state index contributed by atoms with van der Waals surface area (Å²) >= 11 is 0. The average molecular weight is 366 g/mol. The van der Waals surface area contributed by atoms with E-state index in [0.29, 0.717) is 24.3 Å². The molecule has 0 unspecified atom stereocenters. The Labute approximate surface area is 160 Å². The SMILES string of the molecule is CC(C)(C)C(=O)Nc1cccc(C(=O)N2CCN(c3ccccn3)CC2)c1. The van der Waals surface area contributed by atoms with Crippen molar-refractivity contribution >= 4 is 23.3 Å². The van der Waals surface area contributed by atoms with Crippen LogP contribution in [-0.4, -0.2) is 47.9 Å². The van der Waals surface area contributed by atoms with Gasteiger partial charge in [-0.25, -0.2) is 4.98 Å². The van der Waals surface area contributed by atoms with E-state index in [1.807, 2.05) is 43.9 Å². The van der Waals surface area contributed by atoms with Crippen molar-refractivity contribution in [2.75, 3.05) is 36.4 Å². The van der Waals surface area contributed by atoms with Crippen molar-refractivity contribution in [1.29, 1.82) is 0 Å². The second kappa shape index (κ2) is 7.78. The Morgan fingerprint density at radius 2 is 1.74 bits per heavy atom. The quantitative estimate of drug-likeness (QED) is 0.907. The molecule has 1 N–H and O–H groups in total. The fourth-order valence-corrected chi connectivity index (χ4v) is 2.91. The largest absolute Gasteiger partial charge is 0.353 e. The van der Waals surface area contributed by atoms with Gasteiger partial charge < -0.3 is 15.1 Å². The first-order chi connectivity index (χ1) is 12.8. The van der Waals surface area contributed by atoms with Crippen molar-refractivity contribution in [3.63, 3.8) is 0 Å². The molecule has 2 heterocycles. The molecule has 0 saturated carbocycles. The molecule has 0 bridgehead atoms. The van der Waals surface area contributed by atoms with Gasteiger partial charge in [-0.3, -0.25) is 9.59 Å². The molecule has 0 radical (unpaired) electrons. The van der Waals surface area contributed by atoms with Crippen LogP contribution in [0, 0.1) is 5.41 Å². The average Bonchev–Trinajstić information content (AvgIpc) is 2.68. The zero-order valence-electron chi connectivity index (χ0n) is 16.1. The predicted molar refractivity (Wildman–Crippen MR) is 107 cm³/mol. The molecule has 0 spiro atoms. The molecular weight excluding hydrogens is 340 g/mol. The first-order valence-corrected chi connectivity index (χ1v) is 9.21. The molecule has 1 saturated heterocycles. The molecule has 1 aromatic carbocycles. The van der Waals surface area contributed by atoms with Gasteiger partial charge in [-0.05, 0) is 30.3 Å². The van der Waals surface area contributed by atoms with Gasteiger partial charge in [0.05, 0.1) is 0 Å². The lowest BCUT2D eigenvalue weighted by molar-refractivity contribution is -0.123. The van der Waals surface area contributed by atoms with Crippen LogP contribution in [0.25, 0.3) is 0 Å². The Kier molecular flexibility index (Phi) is 5.44. The van der Waals surface area contributed by atoms with E-state index < -0.39 is 5.41 Å². The number of rotatable bonds is 3. The van der Waals surface area contributed by atoms with Crippen LogP contribution < -0.4 is 10.2 Å². The van der Waals surface area contributed by atoms with Gasteiger partial charge in [0.15, 0.2) is 0 Å². The lowest BCUT2D eigenvalue weighted by atomic mass is 9.95. The van der Waals surface area contributed by atoms with Gasteiger partial charge in [0.25, 0.3) is 5.91 Å². The van der Waals surface area contributed by atoms with Crippen LogP contribution in [0.1, 0.15) is 31.1 Å². The van der Waals surface area contributed by atoms with Crippen molar-refractivity contribution in [3.05, 3.63) is 54.2 Å². The summed E-state index contributed by atoms with van der Waals surface area (Å²) in [5, 5.41) is 2.88. The van der Waals surface area contributed by atoms with Crippen molar-refractivity contribution in [2.24, 2.45) is 5.41 Å². The van der Waals surface area contributed by atoms with Crippen molar-refractivity contribution in [1.82, 2.24) is 9.88 Å². The molecule has 27 heavy (non-hydrogen) atoms. The molecule has 2 amide bonds. The first-order valence-electron chi connectivity index (χ1n) is 9.21. The molecule has 6 heteroatoms. The number of hydrogen-bond donors (Lipinski definition) is 1. The number of anilines is 2. The minimum absolute atomic E-state index is 0.0115. The van der Waals surface area contributed by atoms with E-state index in [4.69, 9.17) is 0 Å². The molecule has 142 valence electrons. The minimum Gasteiger partial charge on any atom is -0.353 e. The third-order valence-corrected chi connectivity index (χ3v) is 4.59. The predicted octanol–water partition coefficient (Wildman–Crippen LogP) is 3.03. The normalized spacial score (nSPS) is 14.8. The summed E-state index contributed by atoms with van der Waals surface area (Å²) in [6, 6.07) is 13.0. The monoisotopic (exact) mass is 366 g/mol. The first kappa shape index (κ1) is 18.9. The lowest BCUT2D eigenvalue weighted by Crippen LogP contribution is -2.49. The third kappa shape index (κ3) is 4.64. The second-order valence-electron chi connectivity index (χ2n) is 7.75. The van der Waals surface area contributed by atoms with E-state index in [0.717, 1.165) is 18.9 Å². The molecule has 1 aromatic heterocycles. The van der Waals surface area contributed by atoms with Gasteiger partial charge in [-0.2, -0.15) is 0 Å². The highest BCUT2D eigenvalue weighted by Crippen LogP contribution is 2.20. The lowest BCUT2D eigenvalue weighted by Gasteiger charge is -2.35. The maximum atomic E-state index is 12.9. The van der Waals surface area contributed by atoms with Crippen LogP contribution in [0.4, 0.5) is 11.5 Å². The summed E-state index contributed by atoms with van der Waals surface area (Å²) in [7, 11) is 0. The highest BCUT2D eigenvalue weighted by Gasteiger charge is 2.24. The summed E-state index contributed by atoms with van der Waals surface area (Å²) in [5.74, 6) is 0.857. The van der Waals surface area contributed by atoms with Crippen LogP contribution in [0.2, 0.25) is 0 Å². The molecule has 3 rings (SSSR count). The fourth-order valence-electron chi connectivity index (χ4n) is 2.91. The number of carbonyl (C=O) groups excluding carboxylic acids is 2. The summed E-state index contributed by atoms with van der Waals surface area (Å²) in [6.07, 6.45) is 1.78. The molecule has 1 aliphatic rings. The Morgan fingerprint density at radius 1 is 1.00 bits per heavy atom. The number of nitrogens with one attached hydrogen (secondary N) is 1. The van der Waals surface area contributed by atoms with Gasteiger partial charge in [0.1, 0.15) is 5.82 Å². The van der Waals surface area contributed by atoms with Crippen LogP contribution in [0.15, 0.2) is 48.7 Å². The zero-order chi connectivity index (χ0) is 19.4. The Morgan fingerprint density at radius 3 is 2.37 bits per heavy atom. The van der Waals surface area contributed by atoms with Crippen molar-refractivity contribution in [2.45, 2.75) is 20.8 Å². The maximum absolute atomic E-state index is 12.9. The number of amides is 2. The topological polar surface area (TPSA) is 65.5 Å². The van der Waals surface area contributed by atoms with Gasteiger partial charge in [0, 0.05) is 49.0 Å². The molecule has 2 aromatic rings. The van der Waals surface area contributed by atoms with Crippen LogP contribution in [0.5, 0.6) is 0 Å².